The standard InChI is InChI=1S/C12H16O2/c1-8-4-9(2)6-11(5-8)7-12(14)10(3)13/h4-6,10,13H,7H2,1-3H3. The molecule has 2 heteroatoms. The van der Waals surface area contributed by atoms with Crippen LogP contribution in [0.25, 0.3) is 0 Å². The Morgan fingerprint density at radius 1 is 1.29 bits per heavy atom. The summed E-state index contributed by atoms with van der Waals surface area (Å²) in [6, 6.07) is 6.02. The molecule has 76 valence electrons. The topological polar surface area (TPSA) is 37.3 Å². The molecule has 14 heavy (non-hydrogen) atoms. The zero-order valence-corrected chi connectivity index (χ0v) is 8.87. The molecule has 1 unspecified atom stereocenters. The van der Waals surface area contributed by atoms with Crippen LogP contribution in [0.2, 0.25) is 0 Å². The van der Waals surface area contributed by atoms with Gasteiger partial charge in [-0.3, -0.25) is 4.79 Å². The first-order chi connectivity index (χ1) is 6.49. The third-order valence-corrected chi connectivity index (χ3v) is 2.13. The van der Waals surface area contributed by atoms with Crippen molar-refractivity contribution in [3.8, 4) is 0 Å². The number of benzene rings is 1. The first-order valence-corrected chi connectivity index (χ1v) is 4.77. The molecule has 0 aliphatic carbocycles. The third kappa shape index (κ3) is 2.96. The Morgan fingerprint density at radius 3 is 2.21 bits per heavy atom. The van der Waals surface area contributed by atoms with Crippen LogP contribution in [0.3, 0.4) is 0 Å². The molecule has 0 heterocycles. The van der Waals surface area contributed by atoms with Crippen molar-refractivity contribution in [3.05, 3.63) is 34.9 Å². The van der Waals surface area contributed by atoms with Gasteiger partial charge in [-0.15, -0.1) is 0 Å². The van der Waals surface area contributed by atoms with Gasteiger partial charge in [-0.25, -0.2) is 0 Å². The highest BCUT2D eigenvalue weighted by atomic mass is 16.3. The van der Waals surface area contributed by atoms with Crippen LogP contribution in [-0.4, -0.2) is 17.0 Å². The SMILES string of the molecule is Cc1cc(C)cc(CC(=O)C(C)O)c1. The number of Topliss-reactive ketones (excluding diaryl/α,β-unsaturated/α-hetero) is 1. The summed E-state index contributed by atoms with van der Waals surface area (Å²) in [4.78, 5) is 11.3. The first-order valence-electron chi connectivity index (χ1n) is 4.77. The fourth-order valence-electron chi connectivity index (χ4n) is 1.52. The van der Waals surface area contributed by atoms with Crippen molar-refractivity contribution in [3.63, 3.8) is 0 Å². The molecule has 2 nitrogen and oxygen atoms in total. The van der Waals surface area contributed by atoms with E-state index in [4.69, 9.17) is 5.11 Å². The largest absolute Gasteiger partial charge is 0.386 e. The number of hydrogen-bond acceptors (Lipinski definition) is 2. The minimum Gasteiger partial charge on any atom is -0.386 e. The summed E-state index contributed by atoms with van der Waals surface area (Å²) in [7, 11) is 0. The smallest absolute Gasteiger partial charge is 0.165 e. The normalized spacial score (nSPS) is 12.6. The van der Waals surface area contributed by atoms with Crippen LogP contribution in [0, 0.1) is 13.8 Å². The Morgan fingerprint density at radius 2 is 1.79 bits per heavy atom. The Kier molecular flexibility index (Phi) is 3.42. The maximum atomic E-state index is 11.3. The average Bonchev–Trinajstić information content (AvgIpc) is 2.01. The Bertz CT molecular complexity index is 320. The van der Waals surface area contributed by atoms with E-state index in [1.807, 2.05) is 26.0 Å². The maximum absolute atomic E-state index is 11.3. The third-order valence-electron chi connectivity index (χ3n) is 2.13. The van der Waals surface area contributed by atoms with Crippen LogP contribution < -0.4 is 0 Å². The molecule has 1 N–H and O–H groups in total. The lowest BCUT2D eigenvalue weighted by molar-refractivity contribution is -0.125. The summed E-state index contributed by atoms with van der Waals surface area (Å²) >= 11 is 0. The highest BCUT2D eigenvalue weighted by Crippen LogP contribution is 2.10. The van der Waals surface area contributed by atoms with E-state index in [1.165, 1.54) is 6.92 Å². The van der Waals surface area contributed by atoms with Gasteiger partial charge in [0, 0.05) is 6.42 Å². The predicted molar refractivity (Wildman–Crippen MR) is 56.3 cm³/mol. The molecule has 1 atom stereocenters. The van der Waals surface area contributed by atoms with Crippen LogP contribution in [0.4, 0.5) is 0 Å². The summed E-state index contributed by atoms with van der Waals surface area (Å²) in [6.07, 6.45) is -0.545. The molecule has 0 fully saturated rings. The molecular formula is C12H16O2. The fourth-order valence-corrected chi connectivity index (χ4v) is 1.52. The molecular weight excluding hydrogens is 176 g/mol. The quantitative estimate of drug-likeness (QED) is 0.792. The number of carbonyl (C=O) groups excluding carboxylic acids is 1. The number of ketones is 1. The number of aliphatic hydroxyl groups excluding tert-OH is 1. The molecule has 0 amide bonds. The van der Waals surface area contributed by atoms with Gasteiger partial charge in [0.1, 0.15) is 6.10 Å². The number of rotatable bonds is 3. The van der Waals surface area contributed by atoms with E-state index in [0.29, 0.717) is 6.42 Å². The number of aryl methyl sites for hydroxylation is 2. The van der Waals surface area contributed by atoms with E-state index in [9.17, 15) is 4.79 Å². The van der Waals surface area contributed by atoms with Gasteiger partial charge in [0.05, 0.1) is 0 Å². The van der Waals surface area contributed by atoms with Crippen molar-refractivity contribution in [2.75, 3.05) is 0 Å². The molecule has 0 saturated heterocycles. The molecule has 1 aromatic carbocycles. The van der Waals surface area contributed by atoms with Gasteiger partial charge in [0.25, 0.3) is 0 Å². The van der Waals surface area contributed by atoms with Crippen LogP contribution >= 0.6 is 0 Å². The molecule has 0 aromatic heterocycles. The lowest BCUT2D eigenvalue weighted by Crippen LogP contribution is -2.18. The molecule has 1 aromatic rings. The van der Waals surface area contributed by atoms with Crippen molar-refractivity contribution >= 4 is 5.78 Å². The number of carbonyl (C=O) groups is 1. The summed E-state index contributed by atoms with van der Waals surface area (Å²) < 4.78 is 0. The van der Waals surface area contributed by atoms with E-state index >= 15 is 0 Å². The maximum Gasteiger partial charge on any atom is 0.165 e. The lowest BCUT2D eigenvalue weighted by atomic mass is 10.0. The number of hydrogen-bond donors (Lipinski definition) is 1. The van der Waals surface area contributed by atoms with E-state index in [1.54, 1.807) is 0 Å². The molecule has 0 aliphatic heterocycles. The van der Waals surface area contributed by atoms with Gasteiger partial charge in [-0.05, 0) is 26.3 Å². The van der Waals surface area contributed by atoms with Crippen LogP contribution in [0.15, 0.2) is 18.2 Å². The second kappa shape index (κ2) is 4.38. The van der Waals surface area contributed by atoms with Crippen molar-refractivity contribution < 1.29 is 9.90 Å². The van der Waals surface area contributed by atoms with Crippen molar-refractivity contribution in [2.45, 2.75) is 33.3 Å². The van der Waals surface area contributed by atoms with Crippen LogP contribution in [0.1, 0.15) is 23.6 Å². The molecule has 0 spiro atoms. The van der Waals surface area contributed by atoms with Gasteiger partial charge >= 0.3 is 0 Å². The van der Waals surface area contributed by atoms with Crippen molar-refractivity contribution in [1.29, 1.82) is 0 Å². The minimum absolute atomic E-state index is 0.130. The van der Waals surface area contributed by atoms with E-state index in [2.05, 4.69) is 6.07 Å². The molecule has 0 radical (unpaired) electrons. The van der Waals surface area contributed by atoms with Crippen LogP contribution in [0.5, 0.6) is 0 Å². The Labute approximate surface area is 84.6 Å². The molecule has 0 aliphatic rings. The second-order valence-electron chi connectivity index (χ2n) is 3.82. The summed E-state index contributed by atoms with van der Waals surface area (Å²) in [5.74, 6) is -0.130. The van der Waals surface area contributed by atoms with Gasteiger partial charge in [-0.1, -0.05) is 29.3 Å². The predicted octanol–water partition coefficient (Wildman–Crippen LogP) is 1.80. The molecule has 0 saturated carbocycles. The first kappa shape index (κ1) is 10.9. The van der Waals surface area contributed by atoms with Crippen molar-refractivity contribution in [2.24, 2.45) is 0 Å². The highest BCUT2D eigenvalue weighted by molar-refractivity contribution is 5.84. The lowest BCUT2D eigenvalue weighted by Gasteiger charge is -2.05. The monoisotopic (exact) mass is 192 g/mol. The molecule has 1 rings (SSSR count). The second-order valence-corrected chi connectivity index (χ2v) is 3.82. The summed E-state index contributed by atoms with van der Waals surface area (Å²) in [5, 5.41) is 9.07. The average molecular weight is 192 g/mol. The van der Waals surface area contributed by atoms with Gasteiger partial charge in [0.15, 0.2) is 5.78 Å². The number of aliphatic hydroxyl groups is 1. The summed E-state index contributed by atoms with van der Waals surface area (Å²) in [5.41, 5.74) is 3.28. The highest BCUT2D eigenvalue weighted by Gasteiger charge is 2.09. The van der Waals surface area contributed by atoms with Gasteiger partial charge in [-0.2, -0.15) is 0 Å². The van der Waals surface area contributed by atoms with Gasteiger partial charge in [0.2, 0.25) is 0 Å². The minimum atomic E-state index is -0.865. The van der Waals surface area contributed by atoms with Crippen LogP contribution in [-0.2, 0) is 11.2 Å². The Hall–Kier alpha value is -1.15. The molecule has 0 bridgehead atoms. The van der Waals surface area contributed by atoms with Gasteiger partial charge < -0.3 is 5.11 Å². The zero-order valence-electron chi connectivity index (χ0n) is 8.87. The summed E-state index contributed by atoms with van der Waals surface area (Å²) in [6.45, 7) is 5.51. The van der Waals surface area contributed by atoms with E-state index in [-0.39, 0.29) is 5.78 Å². The zero-order chi connectivity index (χ0) is 10.7. The van der Waals surface area contributed by atoms with Crippen molar-refractivity contribution in [1.82, 2.24) is 0 Å². The van der Waals surface area contributed by atoms with E-state index < -0.39 is 6.10 Å². The van der Waals surface area contributed by atoms with E-state index in [0.717, 1.165) is 16.7 Å². The Balaban J connectivity index is 2.82. The fraction of sp³-hybridized carbons (Fsp3) is 0.417.